The Bertz CT molecular complexity index is 935. The lowest BCUT2D eigenvalue weighted by molar-refractivity contribution is 0.0123. The summed E-state index contributed by atoms with van der Waals surface area (Å²) in [5.74, 6) is 0.654. The Morgan fingerprint density at radius 1 is 1.14 bits per heavy atom. The number of fused-ring (bicyclic) bond motifs is 3. The molecule has 7 nitrogen and oxygen atoms in total. The molecule has 2 atom stereocenters. The molecule has 0 unspecified atom stereocenters. The molecule has 28 heavy (non-hydrogen) atoms. The van der Waals surface area contributed by atoms with Crippen LogP contribution < -0.4 is 4.90 Å². The summed E-state index contributed by atoms with van der Waals surface area (Å²) in [4.78, 5) is 29.4. The number of amides is 1. The van der Waals surface area contributed by atoms with Crippen LogP contribution in [-0.4, -0.2) is 56.7 Å². The zero-order chi connectivity index (χ0) is 20.2. The average molecular weight is 445 g/mol. The predicted octanol–water partition coefficient (Wildman–Crippen LogP) is 4.57. The minimum Gasteiger partial charge on any atom is -0.444 e. The monoisotopic (exact) mass is 443 g/mol. The molecule has 0 N–H and O–H groups in total. The first-order valence-corrected chi connectivity index (χ1v) is 10.2. The molecule has 0 aromatic carbocycles. The van der Waals surface area contributed by atoms with Crippen molar-refractivity contribution in [3.8, 4) is 0 Å². The van der Waals surface area contributed by atoms with Gasteiger partial charge in [0.05, 0.1) is 17.5 Å². The molecule has 2 aliphatic rings. The number of halogens is 3. The molecular formula is C18H20Cl3N5O2. The predicted molar refractivity (Wildman–Crippen MR) is 109 cm³/mol. The number of anilines is 1. The maximum absolute atomic E-state index is 12.7. The summed E-state index contributed by atoms with van der Waals surface area (Å²) in [7, 11) is 0. The normalized spacial score (nSPS) is 22.1. The minimum absolute atomic E-state index is 0.0492. The fourth-order valence-electron chi connectivity index (χ4n) is 3.92. The van der Waals surface area contributed by atoms with Crippen LogP contribution in [-0.2, 0) is 4.74 Å². The van der Waals surface area contributed by atoms with E-state index >= 15 is 0 Å². The lowest BCUT2D eigenvalue weighted by Gasteiger charge is -2.42. The molecule has 0 aliphatic carbocycles. The summed E-state index contributed by atoms with van der Waals surface area (Å²) in [6.45, 7) is 6.87. The van der Waals surface area contributed by atoms with E-state index in [1.165, 1.54) is 0 Å². The lowest BCUT2D eigenvalue weighted by atomic mass is 10.1. The molecule has 0 spiro atoms. The van der Waals surface area contributed by atoms with Crippen LogP contribution in [0.1, 0.15) is 33.6 Å². The quantitative estimate of drug-likeness (QED) is 0.474. The van der Waals surface area contributed by atoms with Crippen molar-refractivity contribution in [3.63, 3.8) is 0 Å². The molecule has 2 bridgehead atoms. The Labute approximate surface area is 177 Å². The molecule has 1 amide bonds. The highest BCUT2D eigenvalue weighted by molar-refractivity contribution is 6.44. The number of carbonyl (C=O) groups excluding carboxylic acids is 1. The van der Waals surface area contributed by atoms with E-state index in [4.69, 9.17) is 39.5 Å². The van der Waals surface area contributed by atoms with Gasteiger partial charge in [-0.15, -0.1) is 0 Å². The Balaban J connectivity index is 1.65. The molecule has 150 valence electrons. The van der Waals surface area contributed by atoms with E-state index in [0.29, 0.717) is 29.8 Å². The van der Waals surface area contributed by atoms with Crippen molar-refractivity contribution in [1.82, 2.24) is 19.9 Å². The maximum Gasteiger partial charge on any atom is 0.410 e. The van der Waals surface area contributed by atoms with Crippen molar-refractivity contribution >= 4 is 57.6 Å². The standard InChI is InChI=1S/C18H20Cl3N5O2/c1-18(2,3)28-17(27)26-9-4-5-10(26)8-25(7-9)15-11-6-22-14(20)12(19)13(11)23-16(21)24-15/h6,9-10H,4-5,7-8H2,1-3H3/t9-,10+. The van der Waals surface area contributed by atoms with Crippen LogP contribution in [0.2, 0.25) is 15.5 Å². The number of rotatable bonds is 1. The van der Waals surface area contributed by atoms with Gasteiger partial charge in [0.1, 0.15) is 27.1 Å². The Morgan fingerprint density at radius 2 is 1.79 bits per heavy atom. The number of pyridine rings is 1. The summed E-state index contributed by atoms with van der Waals surface area (Å²) in [6, 6.07) is 0.0984. The van der Waals surface area contributed by atoms with Crippen LogP contribution >= 0.6 is 34.8 Å². The van der Waals surface area contributed by atoms with Gasteiger partial charge >= 0.3 is 6.09 Å². The van der Waals surface area contributed by atoms with Gasteiger partial charge in [-0.2, -0.15) is 4.98 Å². The fraction of sp³-hybridized carbons (Fsp3) is 0.556. The number of piperazine rings is 1. The van der Waals surface area contributed by atoms with Crippen molar-refractivity contribution in [2.45, 2.75) is 51.3 Å². The summed E-state index contributed by atoms with van der Waals surface area (Å²) >= 11 is 18.4. The third-order valence-electron chi connectivity index (χ3n) is 4.98. The van der Waals surface area contributed by atoms with E-state index < -0.39 is 5.60 Å². The minimum atomic E-state index is -0.522. The van der Waals surface area contributed by atoms with Crippen LogP contribution in [0.4, 0.5) is 10.6 Å². The number of nitrogens with zero attached hydrogens (tertiary/aromatic N) is 5. The summed E-state index contributed by atoms with van der Waals surface area (Å²) in [6.07, 6.45) is 3.18. The van der Waals surface area contributed by atoms with Gasteiger partial charge in [0, 0.05) is 19.3 Å². The highest BCUT2D eigenvalue weighted by atomic mass is 35.5. The van der Waals surface area contributed by atoms with Gasteiger partial charge in [0.2, 0.25) is 5.28 Å². The summed E-state index contributed by atoms with van der Waals surface area (Å²) < 4.78 is 5.60. The largest absolute Gasteiger partial charge is 0.444 e. The summed E-state index contributed by atoms with van der Waals surface area (Å²) in [5.41, 5.74) is -0.0512. The van der Waals surface area contributed by atoms with Crippen molar-refractivity contribution < 1.29 is 9.53 Å². The molecule has 2 saturated heterocycles. The van der Waals surface area contributed by atoms with Crippen LogP contribution in [0.5, 0.6) is 0 Å². The van der Waals surface area contributed by atoms with Gasteiger partial charge in [-0.25, -0.2) is 14.8 Å². The van der Waals surface area contributed by atoms with E-state index in [9.17, 15) is 4.79 Å². The lowest BCUT2D eigenvalue weighted by Crippen LogP contribution is -2.57. The zero-order valence-corrected chi connectivity index (χ0v) is 18.0. The molecule has 4 heterocycles. The van der Waals surface area contributed by atoms with E-state index in [0.717, 1.165) is 12.8 Å². The average Bonchev–Trinajstić information content (AvgIpc) is 2.87. The molecular weight excluding hydrogens is 425 g/mol. The molecule has 2 fully saturated rings. The van der Waals surface area contributed by atoms with Gasteiger partial charge in [-0.1, -0.05) is 23.2 Å². The van der Waals surface area contributed by atoms with E-state index in [-0.39, 0.29) is 33.6 Å². The van der Waals surface area contributed by atoms with Crippen molar-refractivity contribution in [1.29, 1.82) is 0 Å². The number of hydrogen-bond donors (Lipinski definition) is 0. The molecule has 10 heteroatoms. The summed E-state index contributed by atoms with van der Waals surface area (Å²) in [5, 5.41) is 1.20. The first-order valence-electron chi connectivity index (χ1n) is 9.07. The van der Waals surface area contributed by atoms with Gasteiger partial charge < -0.3 is 9.64 Å². The number of carbonyl (C=O) groups is 1. The van der Waals surface area contributed by atoms with Gasteiger partial charge in [0.25, 0.3) is 0 Å². The SMILES string of the molecule is CC(C)(C)OC(=O)N1[C@@H]2CC[C@H]1CN(c1nc(Cl)nc3c(Cl)c(Cl)ncc13)C2. The smallest absolute Gasteiger partial charge is 0.410 e. The Hall–Kier alpha value is -1.57. The number of ether oxygens (including phenoxy) is 1. The van der Waals surface area contributed by atoms with Gasteiger partial charge in [0.15, 0.2) is 0 Å². The van der Waals surface area contributed by atoms with E-state index in [2.05, 4.69) is 19.9 Å². The van der Waals surface area contributed by atoms with Crippen LogP contribution in [0, 0.1) is 0 Å². The Kier molecular flexibility index (Phi) is 4.96. The van der Waals surface area contributed by atoms with Crippen molar-refractivity contribution in [2.75, 3.05) is 18.0 Å². The van der Waals surface area contributed by atoms with Gasteiger partial charge in [-0.05, 0) is 45.2 Å². The van der Waals surface area contributed by atoms with Crippen molar-refractivity contribution in [2.24, 2.45) is 0 Å². The van der Waals surface area contributed by atoms with Crippen molar-refractivity contribution in [3.05, 3.63) is 21.7 Å². The van der Waals surface area contributed by atoms with E-state index in [1.807, 2.05) is 25.7 Å². The highest BCUT2D eigenvalue weighted by Gasteiger charge is 2.45. The van der Waals surface area contributed by atoms with Crippen LogP contribution in [0.25, 0.3) is 10.9 Å². The second-order valence-corrected chi connectivity index (χ2v) is 9.19. The second kappa shape index (κ2) is 7.04. The Morgan fingerprint density at radius 3 is 2.39 bits per heavy atom. The van der Waals surface area contributed by atoms with Gasteiger partial charge in [-0.3, -0.25) is 4.90 Å². The number of aromatic nitrogens is 3. The topological polar surface area (TPSA) is 71.5 Å². The molecule has 0 radical (unpaired) electrons. The first kappa shape index (κ1) is 19.7. The zero-order valence-electron chi connectivity index (χ0n) is 15.7. The molecule has 2 aromatic heterocycles. The molecule has 4 rings (SSSR count). The molecule has 0 saturated carbocycles. The third-order valence-corrected chi connectivity index (χ3v) is 5.89. The maximum atomic E-state index is 12.7. The van der Waals surface area contributed by atoms with Crippen LogP contribution in [0.15, 0.2) is 6.20 Å². The first-order chi connectivity index (χ1) is 13.1. The molecule has 2 aromatic rings. The van der Waals surface area contributed by atoms with E-state index in [1.54, 1.807) is 6.20 Å². The fourth-order valence-corrected chi connectivity index (χ4v) is 4.42. The second-order valence-electron chi connectivity index (χ2n) is 8.12. The third kappa shape index (κ3) is 3.55. The molecule has 2 aliphatic heterocycles. The highest BCUT2D eigenvalue weighted by Crippen LogP contribution is 2.37. The van der Waals surface area contributed by atoms with Crippen LogP contribution in [0.3, 0.4) is 0 Å². The number of hydrogen-bond acceptors (Lipinski definition) is 6.